The first-order valence-electron chi connectivity index (χ1n) is 8.52. The molecule has 0 radical (unpaired) electrons. The number of hydrogen-bond acceptors (Lipinski definition) is 6. The molecule has 0 saturated carbocycles. The number of fused-ring (bicyclic) bond motifs is 1. The number of H-pyrrole nitrogens is 2. The molecule has 9 nitrogen and oxygen atoms in total. The van der Waals surface area contributed by atoms with Crippen LogP contribution in [0.25, 0.3) is 11.0 Å². The van der Waals surface area contributed by atoms with Gasteiger partial charge in [0.15, 0.2) is 0 Å². The highest BCUT2D eigenvalue weighted by Crippen LogP contribution is 2.25. The maximum absolute atomic E-state index is 12.1. The van der Waals surface area contributed by atoms with Crippen molar-refractivity contribution in [2.45, 2.75) is 19.4 Å². The van der Waals surface area contributed by atoms with E-state index in [9.17, 15) is 9.59 Å². The third-order valence-electron chi connectivity index (χ3n) is 4.77. The predicted octanol–water partition coefficient (Wildman–Crippen LogP) is 0.686. The summed E-state index contributed by atoms with van der Waals surface area (Å²) in [5.41, 5.74) is 1.25. The molecule has 26 heavy (non-hydrogen) atoms. The van der Waals surface area contributed by atoms with E-state index in [1.54, 1.807) is 6.20 Å². The van der Waals surface area contributed by atoms with Gasteiger partial charge in [-0.1, -0.05) is 12.1 Å². The van der Waals surface area contributed by atoms with Crippen LogP contribution in [0.2, 0.25) is 0 Å². The molecule has 9 heteroatoms. The molecule has 0 aliphatic carbocycles. The number of nitrogens with one attached hydrogen (secondary N) is 3. The van der Waals surface area contributed by atoms with Crippen molar-refractivity contribution >= 4 is 22.8 Å². The summed E-state index contributed by atoms with van der Waals surface area (Å²) in [6, 6.07) is 7.73. The number of benzene rings is 1. The van der Waals surface area contributed by atoms with Crippen LogP contribution in [0.15, 0.2) is 35.3 Å². The lowest BCUT2D eigenvalue weighted by Gasteiger charge is -2.21. The van der Waals surface area contributed by atoms with E-state index in [4.69, 9.17) is 0 Å². The van der Waals surface area contributed by atoms with E-state index in [0.29, 0.717) is 0 Å². The number of aromatic nitrogens is 5. The summed E-state index contributed by atoms with van der Waals surface area (Å²) < 4.78 is 0. The van der Waals surface area contributed by atoms with Gasteiger partial charge < -0.3 is 10.2 Å². The maximum atomic E-state index is 12.1. The highest BCUT2D eigenvalue weighted by atomic mass is 16.2. The van der Waals surface area contributed by atoms with Crippen molar-refractivity contribution in [1.82, 2.24) is 30.5 Å². The maximum Gasteiger partial charge on any atom is 0.341 e. The van der Waals surface area contributed by atoms with Gasteiger partial charge in [0, 0.05) is 19.1 Å². The Kier molecular flexibility index (Phi) is 4.11. The van der Waals surface area contributed by atoms with Crippen LogP contribution in [0.4, 0.5) is 5.82 Å². The molecule has 4 rings (SSSR count). The second-order valence-electron chi connectivity index (χ2n) is 6.50. The number of amides is 1. The molecular formula is C17H19N7O2. The largest absolute Gasteiger partial charge is 0.355 e. The first-order chi connectivity index (χ1) is 12.6. The SMILES string of the molecule is CC(NC(=O)c1n[nH]c(=O)[nH]1)C1CCN(c2cnc3ccccc3n2)C1. The van der Waals surface area contributed by atoms with Crippen LogP contribution in [0.5, 0.6) is 0 Å². The summed E-state index contributed by atoms with van der Waals surface area (Å²) in [6.45, 7) is 3.60. The van der Waals surface area contributed by atoms with E-state index in [2.05, 4.69) is 35.4 Å². The number of carbonyl (C=O) groups excluding carboxylic acids is 1. The normalized spacial score (nSPS) is 18.2. The summed E-state index contributed by atoms with van der Waals surface area (Å²) >= 11 is 0. The first kappa shape index (κ1) is 16.2. The zero-order valence-electron chi connectivity index (χ0n) is 14.3. The molecule has 2 atom stereocenters. The summed E-state index contributed by atoms with van der Waals surface area (Å²) in [5, 5.41) is 8.74. The molecule has 1 saturated heterocycles. The van der Waals surface area contributed by atoms with E-state index in [1.165, 1.54) is 0 Å². The first-order valence-corrected chi connectivity index (χ1v) is 8.52. The van der Waals surface area contributed by atoms with Crippen molar-refractivity contribution in [3.05, 3.63) is 46.8 Å². The van der Waals surface area contributed by atoms with Crippen molar-refractivity contribution in [3.8, 4) is 0 Å². The average Bonchev–Trinajstić information content (AvgIpc) is 3.30. The van der Waals surface area contributed by atoms with E-state index >= 15 is 0 Å². The van der Waals surface area contributed by atoms with Crippen molar-refractivity contribution < 1.29 is 4.79 Å². The molecule has 1 aromatic carbocycles. The molecule has 1 aliphatic heterocycles. The second-order valence-corrected chi connectivity index (χ2v) is 6.50. The number of nitrogens with zero attached hydrogens (tertiary/aromatic N) is 4. The van der Waals surface area contributed by atoms with Crippen molar-refractivity contribution in [1.29, 1.82) is 0 Å². The topological polar surface area (TPSA) is 120 Å². The van der Waals surface area contributed by atoms with Gasteiger partial charge >= 0.3 is 5.69 Å². The molecule has 1 amide bonds. The van der Waals surface area contributed by atoms with Crippen LogP contribution in [0.1, 0.15) is 24.0 Å². The van der Waals surface area contributed by atoms with Gasteiger partial charge in [0.25, 0.3) is 5.91 Å². The van der Waals surface area contributed by atoms with E-state index in [0.717, 1.165) is 36.4 Å². The summed E-state index contributed by atoms with van der Waals surface area (Å²) in [4.78, 5) is 36.9. The molecule has 2 aromatic heterocycles. The van der Waals surface area contributed by atoms with Crippen molar-refractivity contribution in [2.24, 2.45) is 5.92 Å². The van der Waals surface area contributed by atoms with Gasteiger partial charge in [0.2, 0.25) is 5.82 Å². The lowest BCUT2D eigenvalue weighted by Crippen LogP contribution is -2.39. The lowest BCUT2D eigenvalue weighted by molar-refractivity contribution is 0.0918. The number of hydrogen-bond donors (Lipinski definition) is 3. The number of carbonyl (C=O) groups is 1. The summed E-state index contributed by atoms with van der Waals surface area (Å²) in [7, 11) is 0. The number of para-hydroxylation sites is 2. The van der Waals surface area contributed by atoms with E-state index in [-0.39, 0.29) is 23.7 Å². The predicted molar refractivity (Wildman–Crippen MR) is 96.0 cm³/mol. The Morgan fingerprint density at radius 3 is 2.92 bits per heavy atom. The molecule has 134 valence electrons. The fourth-order valence-corrected chi connectivity index (χ4v) is 3.27. The van der Waals surface area contributed by atoms with Gasteiger partial charge in [0.1, 0.15) is 5.82 Å². The Labute approximate surface area is 148 Å². The molecule has 3 N–H and O–H groups in total. The van der Waals surface area contributed by atoms with Crippen LogP contribution in [-0.2, 0) is 0 Å². The molecule has 0 spiro atoms. The molecule has 3 aromatic rings. The van der Waals surface area contributed by atoms with Gasteiger partial charge in [-0.3, -0.25) is 14.8 Å². The zero-order valence-corrected chi connectivity index (χ0v) is 14.3. The molecule has 0 bridgehead atoms. The van der Waals surface area contributed by atoms with E-state index < -0.39 is 5.69 Å². The third-order valence-corrected chi connectivity index (χ3v) is 4.77. The molecule has 3 heterocycles. The monoisotopic (exact) mass is 353 g/mol. The van der Waals surface area contributed by atoms with Gasteiger partial charge in [-0.05, 0) is 31.4 Å². The van der Waals surface area contributed by atoms with Crippen molar-refractivity contribution in [2.75, 3.05) is 18.0 Å². The van der Waals surface area contributed by atoms with Crippen molar-refractivity contribution in [3.63, 3.8) is 0 Å². The Morgan fingerprint density at radius 1 is 1.35 bits per heavy atom. The molecule has 1 aliphatic rings. The van der Waals surface area contributed by atoms with E-state index in [1.807, 2.05) is 31.2 Å². The van der Waals surface area contributed by atoms with Gasteiger partial charge in [-0.25, -0.2) is 14.9 Å². The molecule has 1 fully saturated rings. The van der Waals surface area contributed by atoms with Gasteiger partial charge in [-0.2, -0.15) is 0 Å². The van der Waals surface area contributed by atoms with Gasteiger partial charge in [-0.15, -0.1) is 5.10 Å². The third kappa shape index (κ3) is 3.15. The Morgan fingerprint density at radius 2 is 2.15 bits per heavy atom. The van der Waals surface area contributed by atoms with Crippen LogP contribution < -0.4 is 15.9 Å². The Hall–Kier alpha value is -3.23. The Balaban J connectivity index is 1.42. The standard InChI is InChI=1S/C17H19N7O2/c1-10(19-16(25)15-21-17(26)23-22-15)11-6-7-24(9-11)14-8-18-12-4-2-3-5-13(12)20-14/h2-5,8,10-11H,6-7,9H2,1H3,(H,19,25)(H2,21,22,23,26). The minimum absolute atomic E-state index is 0.00269. The minimum atomic E-state index is -0.496. The van der Waals surface area contributed by atoms with Crippen LogP contribution in [-0.4, -0.2) is 50.2 Å². The fraction of sp³-hybridized carbons (Fsp3) is 0.353. The quantitative estimate of drug-likeness (QED) is 0.635. The summed E-state index contributed by atoms with van der Waals surface area (Å²) in [6.07, 6.45) is 2.73. The summed E-state index contributed by atoms with van der Waals surface area (Å²) in [5.74, 6) is 0.733. The second kappa shape index (κ2) is 6.58. The highest BCUT2D eigenvalue weighted by Gasteiger charge is 2.29. The zero-order chi connectivity index (χ0) is 18.1. The number of anilines is 1. The lowest BCUT2D eigenvalue weighted by atomic mass is 10.0. The Bertz CT molecular complexity index is 996. The van der Waals surface area contributed by atoms with Crippen LogP contribution in [0.3, 0.4) is 0 Å². The number of aromatic amines is 2. The fourth-order valence-electron chi connectivity index (χ4n) is 3.27. The van der Waals surface area contributed by atoms with Gasteiger partial charge in [0.05, 0.1) is 17.2 Å². The molecular weight excluding hydrogens is 334 g/mol. The smallest absolute Gasteiger partial charge is 0.341 e. The molecule has 2 unspecified atom stereocenters. The average molecular weight is 353 g/mol. The van der Waals surface area contributed by atoms with Crippen LogP contribution in [0, 0.1) is 5.92 Å². The highest BCUT2D eigenvalue weighted by molar-refractivity contribution is 5.90. The number of rotatable bonds is 4. The van der Waals surface area contributed by atoms with Crippen LogP contribution >= 0.6 is 0 Å². The minimum Gasteiger partial charge on any atom is -0.355 e.